The second-order valence-corrected chi connectivity index (χ2v) is 5.80. The second-order valence-electron chi connectivity index (χ2n) is 5.40. The van der Waals surface area contributed by atoms with Crippen LogP contribution in [0.1, 0.15) is 21.6 Å². The number of amides is 3. The molecular formula is C16H14ClN5O2. The third-order valence-electron chi connectivity index (χ3n) is 3.89. The molecule has 0 radical (unpaired) electrons. The molecule has 1 aromatic carbocycles. The molecule has 1 aromatic heterocycles. The van der Waals surface area contributed by atoms with Crippen LogP contribution in [-0.2, 0) is 13.1 Å². The lowest BCUT2D eigenvalue weighted by atomic mass is 10.2. The van der Waals surface area contributed by atoms with E-state index in [1.54, 1.807) is 35.4 Å². The van der Waals surface area contributed by atoms with E-state index in [0.717, 1.165) is 0 Å². The number of carbonyl (C=O) groups is 2. The van der Waals surface area contributed by atoms with Crippen molar-refractivity contribution >= 4 is 29.2 Å². The van der Waals surface area contributed by atoms with Crippen molar-refractivity contribution in [2.45, 2.75) is 13.1 Å². The molecule has 3 N–H and O–H groups in total. The predicted octanol–water partition coefficient (Wildman–Crippen LogP) is 2.16. The molecule has 1 aliphatic rings. The third kappa shape index (κ3) is 2.92. The number of carbonyl (C=O) groups excluding carboxylic acids is 2. The molecular weight excluding hydrogens is 330 g/mol. The molecule has 1 aliphatic heterocycles. The quantitative estimate of drug-likeness (QED) is 0.872. The zero-order valence-corrected chi connectivity index (χ0v) is 13.4. The standard InChI is InChI=1S/C16H14ClN5O2/c17-12-8-21-5-6-22(9-13(21)14(12)15(19)23)16(24)20-11-3-1-10(7-18)2-4-11/h1-4,8H,5-6,9H2,(H2,19,23)(H,20,24). The van der Waals surface area contributed by atoms with E-state index < -0.39 is 5.91 Å². The minimum absolute atomic E-state index is 0.243. The van der Waals surface area contributed by atoms with Crippen LogP contribution in [0.4, 0.5) is 10.5 Å². The average Bonchev–Trinajstić information content (AvgIpc) is 2.90. The average molecular weight is 344 g/mol. The Morgan fingerprint density at radius 3 is 2.58 bits per heavy atom. The van der Waals surface area contributed by atoms with Crippen molar-refractivity contribution in [2.24, 2.45) is 5.73 Å². The first-order valence-corrected chi connectivity index (χ1v) is 7.61. The number of rotatable bonds is 2. The molecule has 2 heterocycles. The number of fused-ring (bicyclic) bond motifs is 1. The molecule has 0 aliphatic carbocycles. The molecule has 0 unspecified atom stereocenters. The van der Waals surface area contributed by atoms with Gasteiger partial charge in [-0.2, -0.15) is 5.26 Å². The zero-order chi connectivity index (χ0) is 17.3. The largest absolute Gasteiger partial charge is 0.365 e. The van der Waals surface area contributed by atoms with E-state index in [-0.39, 0.29) is 18.1 Å². The van der Waals surface area contributed by atoms with Crippen molar-refractivity contribution in [1.29, 1.82) is 5.26 Å². The first-order chi connectivity index (χ1) is 11.5. The smallest absolute Gasteiger partial charge is 0.322 e. The molecule has 7 nitrogen and oxygen atoms in total. The number of nitrogens with one attached hydrogen (secondary N) is 1. The Hall–Kier alpha value is -2.98. The summed E-state index contributed by atoms with van der Waals surface area (Å²) >= 11 is 6.05. The SMILES string of the molecule is N#Cc1ccc(NC(=O)N2CCn3cc(Cl)c(C(N)=O)c3C2)cc1. The maximum atomic E-state index is 12.4. The Bertz CT molecular complexity index is 851. The molecule has 3 amide bonds. The number of hydrogen-bond acceptors (Lipinski definition) is 3. The highest BCUT2D eigenvalue weighted by molar-refractivity contribution is 6.34. The van der Waals surface area contributed by atoms with Gasteiger partial charge in [0.05, 0.1) is 34.5 Å². The number of aromatic nitrogens is 1. The van der Waals surface area contributed by atoms with Crippen molar-refractivity contribution in [3.05, 3.63) is 52.3 Å². The van der Waals surface area contributed by atoms with Crippen LogP contribution in [0.5, 0.6) is 0 Å². The van der Waals surface area contributed by atoms with Crippen LogP contribution in [0.3, 0.4) is 0 Å². The summed E-state index contributed by atoms with van der Waals surface area (Å²) in [4.78, 5) is 25.6. The van der Waals surface area contributed by atoms with Gasteiger partial charge in [-0.25, -0.2) is 4.79 Å². The van der Waals surface area contributed by atoms with E-state index in [4.69, 9.17) is 22.6 Å². The van der Waals surface area contributed by atoms with Crippen LogP contribution >= 0.6 is 11.6 Å². The summed E-state index contributed by atoms with van der Waals surface area (Å²) in [7, 11) is 0. The molecule has 24 heavy (non-hydrogen) atoms. The predicted molar refractivity (Wildman–Crippen MR) is 88.5 cm³/mol. The molecule has 0 atom stereocenters. The topological polar surface area (TPSA) is 104 Å². The monoisotopic (exact) mass is 343 g/mol. The van der Waals surface area contributed by atoms with Crippen LogP contribution in [0.25, 0.3) is 0 Å². The van der Waals surface area contributed by atoms with Crippen LogP contribution in [0.2, 0.25) is 5.02 Å². The summed E-state index contributed by atoms with van der Waals surface area (Å²) in [5.41, 5.74) is 7.37. The Morgan fingerprint density at radius 2 is 1.96 bits per heavy atom. The maximum absolute atomic E-state index is 12.4. The normalized spacial score (nSPS) is 13.1. The number of nitrogens with zero attached hydrogens (tertiary/aromatic N) is 3. The van der Waals surface area contributed by atoms with Gasteiger partial charge < -0.3 is 20.5 Å². The molecule has 0 spiro atoms. The van der Waals surface area contributed by atoms with Gasteiger partial charge in [-0.1, -0.05) is 11.6 Å². The lowest BCUT2D eigenvalue weighted by Crippen LogP contribution is -2.41. The van der Waals surface area contributed by atoms with E-state index in [1.165, 1.54) is 0 Å². The lowest BCUT2D eigenvalue weighted by Gasteiger charge is -2.29. The number of primary amides is 1. The second kappa shape index (κ2) is 6.26. The number of nitrogens with two attached hydrogens (primary N) is 1. The lowest BCUT2D eigenvalue weighted by molar-refractivity contribution is 0.0997. The first-order valence-electron chi connectivity index (χ1n) is 7.23. The van der Waals surface area contributed by atoms with Gasteiger partial charge in [0.2, 0.25) is 0 Å². The molecule has 0 saturated heterocycles. The molecule has 122 valence electrons. The molecule has 3 rings (SSSR count). The molecule has 2 aromatic rings. The highest BCUT2D eigenvalue weighted by Gasteiger charge is 2.27. The summed E-state index contributed by atoms with van der Waals surface area (Å²) in [5, 5.41) is 11.9. The summed E-state index contributed by atoms with van der Waals surface area (Å²) < 4.78 is 1.84. The fraction of sp³-hybridized carbons (Fsp3) is 0.188. The number of benzene rings is 1. The molecule has 8 heteroatoms. The molecule has 0 saturated carbocycles. The molecule has 0 fully saturated rings. The highest BCUT2D eigenvalue weighted by atomic mass is 35.5. The van der Waals surface area contributed by atoms with Gasteiger partial charge in [0, 0.05) is 25.0 Å². The van der Waals surface area contributed by atoms with E-state index >= 15 is 0 Å². The number of anilines is 1. The van der Waals surface area contributed by atoms with Gasteiger partial charge in [0.15, 0.2) is 0 Å². The minimum atomic E-state index is -0.608. The maximum Gasteiger partial charge on any atom is 0.322 e. The van der Waals surface area contributed by atoms with Gasteiger partial charge in [-0.15, -0.1) is 0 Å². The van der Waals surface area contributed by atoms with Crippen molar-refractivity contribution in [3.8, 4) is 6.07 Å². The Kier molecular flexibility index (Phi) is 4.15. The van der Waals surface area contributed by atoms with E-state index in [1.807, 2.05) is 10.6 Å². The Balaban J connectivity index is 1.76. The van der Waals surface area contributed by atoms with E-state index in [0.29, 0.717) is 35.1 Å². The zero-order valence-electron chi connectivity index (χ0n) is 12.6. The fourth-order valence-corrected chi connectivity index (χ4v) is 3.00. The Morgan fingerprint density at radius 1 is 1.25 bits per heavy atom. The minimum Gasteiger partial charge on any atom is -0.365 e. The highest BCUT2D eigenvalue weighted by Crippen LogP contribution is 2.26. The van der Waals surface area contributed by atoms with E-state index in [2.05, 4.69) is 5.32 Å². The van der Waals surface area contributed by atoms with Crippen molar-refractivity contribution in [1.82, 2.24) is 9.47 Å². The third-order valence-corrected chi connectivity index (χ3v) is 4.18. The summed E-state index contributed by atoms with van der Waals surface area (Å²) in [6.45, 7) is 1.26. The number of halogens is 1. The summed E-state index contributed by atoms with van der Waals surface area (Å²) in [6.07, 6.45) is 1.66. The van der Waals surface area contributed by atoms with Crippen molar-refractivity contribution < 1.29 is 9.59 Å². The van der Waals surface area contributed by atoms with Gasteiger partial charge in [-0.3, -0.25) is 4.79 Å². The fourth-order valence-electron chi connectivity index (χ4n) is 2.68. The number of urea groups is 1. The van der Waals surface area contributed by atoms with Crippen LogP contribution < -0.4 is 11.1 Å². The van der Waals surface area contributed by atoms with Gasteiger partial charge in [0.1, 0.15) is 0 Å². The number of nitriles is 1. The van der Waals surface area contributed by atoms with Crippen molar-refractivity contribution in [3.63, 3.8) is 0 Å². The van der Waals surface area contributed by atoms with Gasteiger partial charge >= 0.3 is 6.03 Å². The van der Waals surface area contributed by atoms with Crippen molar-refractivity contribution in [2.75, 3.05) is 11.9 Å². The number of hydrogen-bond donors (Lipinski definition) is 2. The molecule has 0 bridgehead atoms. The Labute approximate surface area is 143 Å². The summed E-state index contributed by atoms with van der Waals surface area (Å²) in [6, 6.07) is 8.30. The van der Waals surface area contributed by atoms with E-state index in [9.17, 15) is 9.59 Å². The van der Waals surface area contributed by atoms with Crippen LogP contribution in [0, 0.1) is 11.3 Å². The van der Waals surface area contributed by atoms with Gasteiger partial charge in [0.25, 0.3) is 5.91 Å². The summed E-state index contributed by atoms with van der Waals surface area (Å²) in [5.74, 6) is -0.608. The van der Waals surface area contributed by atoms with Gasteiger partial charge in [-0.05, 0) is 24.3 Å². The van der Waals surface area contributed by atoms with Crippen LogP contribution in [-0.4, -0.2) is 28.0 Å². The first kappa shape index (κ1) is 15.9. The van der Waals surface area contributed by atoms with Crippen LogP contribution in [0.15, 0.2) is 30.5 Å².